The Morgan fingerprint density at radius 1 is 1.45 bits per heavy atom. The number of benzene rings is 1. The van der Waals surface area contributed by atoms with Crippen LogP contribution in [0, 0.1) is 0 Å². The van der Waals surface area contributed by atoms with Crippen molar-refractivity contribution in [1.29, 1.82) is 0 Å². The molecule has 2 rings (SSSR count). The van der Waals surface area contributed by atoms with Gasteiger partial charge in [-0.3, -0.25) is 4.79 Å². The van der Waals surface area contributed by atoms with Gasteiger partial charge in [0.25, 0.3) is 5.91 Å². The summed E-state index contributed by atoms with van der Waals surface area (Å²) < 4.78 is 10.8. The second kappa shape index (κ2) is 8.66. The van der Waals surface area contributed by atoms with Crippen molar-refractivity contribution in [2.45, 2.75) is 19.9 Å². The molecule has 22 heavy (non-hydrogen) atoms. The van der Waals surface area contributed by atoms with Crippen LogP contribution in [0.5, 0.6) is 11.5 Å². The summed E-state index contributed by atoms with van der Waals surface area (Å²) in [5.74, 6) is 1.43. The molecule has 0 bridgehead atoms. The van der Waals surface area contributed by atoms with Crippen molar-refractivity contribution in [2.24, 2.45) is 0 Å². The van der Waals surface area contributed by atoms with Crippen molar-refractivity contribution in [3.63, 3.8) is 0 Å². The lowest BCUT2D eigenvalue weighted by Crippen LogP contribution is -2.40. The predicted octanol–water partition coefficient (Wildman–Crippen LogP) is 2.01. The van der Waals surface area contributed by atoms with Crippen LogP contribution in [0.2, 0.25) is 0 Å². The number of carbonyl (C=O) groups is 1. The molecule has 0 fully saturated rings. The van der Waals surface area contributed by atoms with Crippen molar-refractivity contribution in [2.75, 3.05) is 26.8 Å². The zero-order chi connectivity index (χ0) is 15.2. The average molecular weight is 327 g/mol. The molecule has 1 aliphatic rings. The third-order valence-electron chi connectivity index (χ3n) is 3.34. The first-order valence-corrected chi connectivity index (χ1v) is 7.17. The van der Waals surface area contributed by atoms with Crippen LogP contribution < -0.4 is 20.1 Å². The van der Waals surface area contributed by atoms with Gasteiger partial charge in [-0.2, -0.15) is 0 Å². The minimum absolute atomic E-state index is 0. The molecule has 0 aliphatic carbocycles. The molecule has 0 radical (unpaired) electrons. The Bertz CT molecular complexity index is 546. The molecule has 0 unspecified atom stereocenters. The van der Waals surface area contributed by atoms with Crippen molar-refractivity contribution in [3.8, 4) is 11.5 Å². The summed E-state index contributed by atoms with van der Waals surface area (Å²) >= 11 is 0. The first-order chi connectivity index (χ1) is 10.1. The van der Waals surface area contributed by atoms with Gasteiger partial charge in [0, 0.05) is 18.2 Å². The van der Waals surface area contributed by atoms with Gasteiger partial charge in [0.1, 0.15) is 18.1 Å². The number of fused-ring (bicyclic) bond motifs is 1. The van der Waals surface area contributed by atoms with Gasteiger partial charge in [-0.1, -0.05) is 6.92 Å². The van der Waals surface area contributed by atoms with E-state index >= 15 is 0 Å². The minimum Gasteiger partial charge on any atom is -0.497 e. The predicted molar refractivity (Wildman–Crippen MR) is 89.9 cm³/mol. The molecule has 5 nitrogen and oxygen atoms in total. The van der Waals surface area contributed by atoms with E-state index in [0.29, 0.717) is 18.7 Å². The Kier molecular flexibility index (Phi) is 7.21. The highest BCUT2D eigenvalue weighted by molar-refractivity contribution is 5.99. The highest BCUT2D eigenvalue weighted by Crippen LogP contribution is 2.29. The smallest absolute Gasteiger partial charge is 0.250 e. The molecular formula is C16H23ClN2O3. The molecule has 0 saturated heterocycles. The van der Waals surface area contributed by atoms with Gasteiger partial charge in [-0.15, -0.1) is 12.4 Å². The molecule has 1 aliphatic heterocycles. The first-order valence-electron chi connectivity index (χ1n) is 7.17. The van der Waals surface area contributed by atoms with Gasteiger partial charge >= 0.3 is 0 Å². The van der Waals surface area contributed by atoms with E-state index in [-0.39, 0.29) is 24.4 Å². The number of halogens is 1. The number of carbonyl (C=O) groups excluding carboxylic acids is 1. The number of amides is 1. The lowest BCUT2D eigenvalue weighted by molar-refractivity contribution is -0.117. The molecule has 122 valence electrons. The molecule has 6 heteroatoms. The quantitative estimate of drug-likeness (QED) is 0.839. The summed E-state index contributed by atoms with van der Waals surface area (Å²) in [6, 6.07) is 5.81. The zero-order valence-electron chi connectivity index (χ0n) is 13.1. The summed E-state index contributed by atoms with van der Waals surface area (Å²) in [7, 11) is 1.62. The SMILES string of the molecule is CCN[C@H](C)CNC(=O)C1=Cc2cc(OC)ccc2OC1.Cl. The number of rotatable bonds is 6. The van der Waals surface area contributed by atoms with Crippen LogP contribution in [-0.2, 0) is 4.79 Å². The number of hydrogen-bond acceptors (Lipinski definition) is 4. The van der Waals surface area contributed by atoms with Crippen LogP contribution in [0.15, 0.2) is 23.8 Å². The van der Waals surface area contributed by atoms with Gasteiger partial charge < -0.3 is 20.1 Å². The van der Waals surface area contributed by atoms with Crippen LogP contribution in [0.4, 0.5) is 0 Å². The van der Waals surface area contributed by atoms with Crippen LogP contribution >= 0.6 is 12.4 Å². The minimum atomic E-state index is -0.0896. The lowest BCUT2D eigenvalue weighted by atomic mass is 10.1. The maximum absolute atomic E-state index is 12.2. The van der Waals surface area contributed by atoms with Crippen molar-refractivity contribution in [3.05, 3.63) is 29.3 Å². The monoisotopic (exact) mass is 326 g/mol. The van der Waals surface area contributed by atoms with Gasteiger partial charge in [0.05, 0.1) is 12.7 Å². The highest BCUT2D eigenvalue weighted by atomic mass is 35.5. The van der Waals surface area contributed by atoms with E-state index in [1.165, 1.54) is 0 Å². The normalized spacial score (nSPS) is 13.9. The standard InChI is InChI=1S/C16H22N2O3.ClH/c1-4-17-11(2)9-18-16(19)13-7-12-8-14(20-3)5-6-15(12)21-10-13;/h5-8,11,17H,4,9-10H2,1-3H3,(H,18,19);1H/t11-;/m1./s1. The first kappa shape index (κ1) is 18.3. The van der Waals surface area contributed by atoms with E-state index in [1.54, 1.807) is 7.11 Å². The van der Waals surface area contributed by atoms with E-state index in [2.05, 4.69) is 10.6 Å². The van der Waals surface area contributed by atoms with E-state index in [0.717, 1.165) is 23.6 Å². The zero-order valence-corrected chi connectivity index (χ0v) is 14.0. The molecule has 2 N–H and O–H groups in total. The Labute approximate surface area is 137 Å². The number of nitrogens with one attached hydrogen (secondary N) is 2. The summed E-state index contributed by atoms with van der Waals surface area (Å²) in [6.07, 6.45) is 1.86. The average Bonchev–Trinajstić information content (AvgIpc) is 2.51. The Balaban J connectivity index is 0.00000242. The number of ether oxygens (including phenoxy) is 2. The third kappa shape index (κ3) is 4.64. The van der Waals surface area contributed by atoms with Crippen LogP contribution in [-0.4, -0.2) is 38.8 Å². The Morgan fingerprint density at radius 3 is 2.91 bits per heavy atom. The fourth-order valence-corrected chi connectivity index (χ4v) is 2.19. The Hall–Kier alpha value is -1.72. The molecule has 0 spiro atoms. The fraction of sp³-hybridized carbons (Fsp3) is 0.438. The third-order valence-corrected chi connectivity index (χ3v) is 3.34. The van der Waals surface area contributed by atoms with Crippen molar-refractivity contribution < 1.29 is 14.3 Å². The van der Waals surface area contributed by atoms with Gasteiger partial charge in [-0.25, -0.2) is 0 Å². The van der Waals surface area contributed by atoms with E-state index in [1.807, 2.05) is 38.1 Å². The van der Waals surface area contributed by atoms with Crippen LogP contribution in [0.25, 0.3) is 6.08 Å². The van der Waals surface area contributed by atoms with Gasteiger partial charge in [0.2, 0.25) is 0 Å². The molecule has 1 aromatic rings. The molecule has 1 heterocycles. The van der Waals surface area contributed by atoms with Crippen LogP contribution in [0.1, 0.15) is 19.4 Å². The topological polar surface area (TPSA) is 59.6 Å². The number of methoxy groups -OCH3 is 1. The molecule has 1 atom stereocenters. The van der Waals surface area contributed by atoms with Gasteiger partial charge in [0.15, 0.2) is 0 Å². The van der Waals surface area contributed by atoms with Crippen molar-refractivity contribution in [1.82, 2.24) is 10.6 Å². The molecule has 0 aromatic heterocycles. The second-order valence-corrected chi connectivity index (χ2v) is 5.03. The summed E-state index contributed by atoms with van der Waals surface area (Å²) in [6.45, 7) is 5.85. The summed E-state index contributed by atoms with van der Waals surface area (Å²) in [5.41, 5.74) is 1.49. The van der Waals surface area contributed by atoms with Gasteiger partial charge in [-0.05, 0) is 37.7 Å². The molecular weight excluding hydrogens is 304 g/mol. The molecule has 1 amide bonds. The van der Waals surface area contributed by atoms with E-state index in [9.17, 15) is 4.79 Å². The second-order valence-electron chi connectivity index (χ2n) is 5.03. The lowest BCUT2D eigenvalue weighted by Gasteiger charge is -2.19. The largest absolute Gasteiger partial charge is 0.497 e. The maximum atomic E-state index is 12.2. The maximum Gasteiger partial charge on any atom is 0.250 e. The van der Waals surface area contributed by atoms with Crippen molar-refractivity contribution >= 4 is 24.4 Å². The summed E-state index contributed by atoms with van der Waals surface area (Å²) in [4.78, 5) is 12.2. The number of likely N-dealkylation sites (N-methyl/N-ethyl adjacent to an activating group) is 1. The Morgan fingerprint density at radius 2 is 2.23 bits per heavy atom. The number of hydrogen-bond donors (Lipinski definition) is 2. The van der Waals surface area contributed by atoms with Crippen LogP contribution in [0.3, 0.4) is 0 Å². The van der Waals surface area contributed by atoms with E-state index < -0.39 is 0 Å². The fourth-order valence-electron chi connectivity index (χ4n) is 2.19. The highest BCUT2D eigenvalue weighted by Gasteiger charge is 2.18. The summed E-state index contributed by atoms with van der Waals surface area (Å²) in [5, 5.41) is 6.17. The van der Waals surface area contributed by atoms with E-state index in [4.69, 9.17) is 9.47 Å². The molecule has 1 aromatic carbocycles. The molecule has 0 saturated carbocycles.